The number of aliphatic imine (C=N–C) groups is 1. The third-order valence-corrected chi connectivity index (χ3v) is 3.67. The van der Waals surface area contributed by atoms with Gasteiger partial charge in [0.25, 0.3) is 6.43 Å². The first-order chi connectivity index (χ1) is 10.6. The SMILES string of the molecule is CCNC(=NCC(F)F)NC1CCN(c2cccc(Cl)c2)C1.I. The number of benzene rings is 1. The summed E-state index contributed by atoms with van der Waals surface area (Å²) >= 11 is 6.01. The second-order valence-electron chi connectivity index (χ2n) is 5.17. The molecular formula is C15H22ClF2IN4. The van der Waals surface area contributed by atoms with Gasteiger partial charge in [0.15, 0.2) is 5.96 Å². The van der Waals surface area contributed by atoms with Gasteiger partial charge < -0.3 is 15.5 Å². The Hall–Kier alpha value is -0.830. The molecule has 2 N–H and O–H groups in total. The van der Waals surface area contributed by atoms with Crippen LogP contribution in [0.2, 0.25) is 5.02 Å². The number of anilines is 1. The van der Waals surface area contributed by atoms with Crippen molar-refractivity contribution in [2.24, 2.45) is 4.99 Å². The summed E-state index contributed by atoms with van der Waals surface area (Å²) in [6, 6.07) is 7.89. The Bertz CT molecular complexity index is 516. The molecule has 0 aliphatic carbocycles. The Morgan fingerprint density at radius 2 is 2.26 bits per heavy atom. The first kappa shape index (κ1) is 20.2. The molecule has 1 saturated heterocycles. The molecule has 1 aromatic rings. The van der Waals surface area contributed by atoms with Crippen molar-refractivity contribution in [3.05, 3.63) is 29.3 Å². The summed E-state index contributed by atoms with van der Waals surface area (Å²) in [5.74, 6) is 0.445. The lowest BCUT2D eigenvalue weighted by Gasteiger charge is -2.20. The van der Waals surface area contributed by atoms with Crippen molar-refractivity contribution < 1.29 is 8.78 Å². The summed E-state index contributed by atoms with van der Waals surface area (Å²) in [6.07, 6.45) is -1.51. The van der Waals surface area contributed by atoms with Crippen LogP contribution in [0.5, 0.6) is 0 Å². The zero-order chi connectivity index (χ0) is 15.9. The molecule has 1 aromatic carbocycles. The van der Waals surface area contributed by atoms with Gasteiger partial charge in [-0.25, -0.2) is 13.8 Å². The molecule has 23 heavy (non-hydrogen) atoms. The lowest BCUT2D eigenvalue weighted by atomic mass is 10.3. The fourth-order valence-electron chi connectivity index (χ4n) is 2.46. The molecule has 8 heteroatoms. The Balaban J connectivity index is 0.00000264. The quantitative estimate of drug-likeness (QED) is 0.404. The first-order valence-corrected chi connectivity index (χ1v) is 7.79. The molecular weight excluding hydrogens is 437 g/mol. The predicted molar refractivity (Wildman–Crippen MR) is 103 cm³/mol. The summed E-state index contributed by atoms with van der Waals surface area (Å²) in [7, 11) is 0. The zero-order valence-electron chi connectivity index (χ0n) is 12.9. The minimum atomic E-state index is -2.43. The maximum absolute atomic E-state index is 12.3. The van der Waals surface area contributed by atoms with E-state index in [1.54, 1.807) is 0 Å². The molecule has 1 aliphatic heterocycles. The van der Waals surface area contributed by atoms with Gasteiger partial charge in [0.2, 0.25) is 0 Å². The van der Waals surface area contributed by atoms with Crippen LogP contribution >= 0.6 is 35.6 Å². The predicted octanol–water partition coefficient (Wildman–Crippen LogP) is 3.36. The molecule has 0 bridgehead atoms. The van der Waals surface area contributed by atoms with Crippen molar-refractivity contribution in [1.29, 1.82) is 0 Å². The topological polar surface area (TPSA) is 39.7 Å². The summed E-state index contributed by atoms with van der Waals surface area (Å²) in [5, 5.41) is 6.92. The van der Waals surface area contributed by atoms with Crippen LogP contribution < -0.4 is 15.5 Å². The van der Waals surface area contributed by atoms with E-state index in [-0.39, 0.29) is 30.0 Å². The Morgan fingerprint density at radius 1 is 1.48 bits per heavy atom. The van der Waals surface area contributed by atoms with Gasteiger partial charge in [0.1, 0.15) is 6.54 Å². The fourth-order valence-corrected chi connectivity index (χ4v) is 2.64. The first-order valence-electron chi connectivity index (χ1n) is 7.42. The molecule has 1 atom stereocenters. The van der Waals surface area contributed by atoms with E-state index in [9.17, 15) is 8.78 Å². The lowest BCUT2D eigenvalue weighted by molar-refractivity contribution is 0.158. The minimum Gasteiger partial charge on any atom is -0.369 e. The highest BCUT2D eigenvalue weighted by molar-refractivity contribution is 14.0. The van der Waals surface area contributed by atoms with Gasteiger partial charge in [0.05, 0.1) is 0 Å². The Kier molecular flexibility index (Phi) is 8.90. The normalized spacial score (nSPS) is 18.0. The number of guanidine groups is 1. The minimum absolute atomic E-state index is 0. The van der Waals surface area contributed by atoms with Crippen LogP contribution in [0.3, 0.4) is 0 Å². The maximum atomic E-state index is 12.3. The van der Waals surface area contributed by atoms with Crippen LogP contribution in [0.4, 0.5) is 14.5 Å². The smallest absolute Gasteiger partial charge is 0.257 e. The summed E-state index contributed by atoms with van der Waals surface area (Å²) in [6.45, 7) is 3.75. The van der Waals surface area contributed by atoms with Crippen LogP contribution in [0, 0.1) is 0 Å². The van der Waals surface area contributed by atoms with Crippen molar-refractivity contribution in [3.8, 4) is 0 Å². The zero-order valence-corrected chi connectivity index (χ0v) is 16.0. The van der Waals surface area contributed by atoms with Crippen molar-refractivity contribution in [2.45, 2.75) is 25.8 Å². The summed E-state index contributed by atoms with van der Waals surface area (Å²) in [5.41, 5.74) is 1.08. The maximum Gasteiger partial charge on any atom is 0.257 e. The van der Waals surface area contributed by atoms with Gasteiger partial charge in [-0.2, -0.15) is 0 Å². The van der Waals surface area contributed by atoms with Gasteiger partial charge in [-0.3, -0.25) is 0 Å². The van der Waals surface area contributed by atoms with E-state index in [0.717, 1.165) is 25.2 Å². The van der Waals surface area contributed by atoms with Gasteiger partial charge in [-0.15, -0.1) is 24.0 Å². The van der Waals surface area contributed by atoms with Crippen molar-refractivity contribution in [1.82, 2.24) is 10.6 Å². The van der Waals surface area contributed by atoms with E-state index in [2.05, 4.69) is 20.5 Å². The van der Waals surface area contributed by atoms with E-state index in [1.165, 1.54) is 0 Å². The Labute approximate surface area is 157 Å². The molecule has 1 heterocycles. The summed E-state index contributed by atoms with van der Waals surface area (Å²) in [4.78, 5) is 6.12. The number of rotatable bonds is 5. The molecule has 130 valence electrons. The van der Waals surface area contributed by atoms with E-state index in [4.69, 9.17) is 11.6 Å². The van der Waals surface area contributed by atoms with E-state index < -0.39 is 13.0 Å². The van der Waals surface area contributed by atoms with E-state index in [0.29, 0.717) is 17.5 Å². The number of hydrogen-bond donors (Lipinski definition) is 2. The van der Waals surface area contributed by atoms with Crippen LogP contribution in [0.15, 0.2) is 29.3 Å². The molecule has 1 fully saturated rings. The lowest BCUT2D eigenvalue weighted by Crippen LogP contribution is -2.44. The second-order valence-corrected chi connectivity index (χ2v) is 5.60. The average molecular weight is 459 g/mol. The third kappa shape index (κ3) is 6.66. The molecule has 1 unspecified atom stereocenters. The standard InChI is InChI=1S/C15H21ClF2N4.HI/c1-2-19-15(20-9-14(17)18)21-12-6-7-22(10-12)13-5-3-4-11(16)8-13;/h3-5,8,12,14H,2,6-7,9-10H2,1H3,(H2,19,20,21);1H. The molecule has 0 saturated carbocycles. The van der Waals surface area contributed by atoms with Crippen LogP contribution in [0.25, 0.3) is 0 Å². The number of alkyl halides is 2. The van der Waals surface area contributed by atoms with Gasteiger partial charge >= 0.3 is 0 Å². The third-order valence-electron chi connectivity index (χ3n) is 3.43. The second kappa shape index (κ2) is 10.1. The van der Waals surface area contributed by atoms with Gasteiger partial charge in [-0.1, -0.05) is 17.7 Å². The van der Waals surface area contributed by atoms with E-state index in [1.807, 2.05) is 31.2 Å². The monoisotopic (exact) mass is 458 g/mol. The van der Waals surface area contributed by atoms with Gasteiger partial charge in [-0.05, 0) is 31.5 Å². The van der Waals surface area contributed by atoms with Gasteiger partial charge in [0, 0.05) is 36.4 Å². The molecule has 0 aromatic heterocycles. The number of hydrogen-bond acceptors (Lipinski definition) is 2. The highest BCUT2D eigenvalue weighted by atomic mass is 127. The molecule has 1 aliphatic rings. The van der Waals surface area contributed by atoms with Crippen molar-refractivity contribution >= 4 is 47.2 Å². The molecule has 0 amide bonds. The van der Waals surface area contributed by atoms with Crippen LogP contribution in [-0.2, 0) is 0 Å². The van der Waals surface area contributed by atoms with Crippen LogP contribution in [-0.4, -0.2) is 44.6 Å². The molecule has 2 rings (SSSR count). The van der Waals surface area contributed by atoms with E-state index >= 15 is 0 Å². The molecule has 0 spiro atoms. The van der Waals surface area contributed by atoms with Crippen molar-refractivity contribution in [2.75, 3.05) is 31.1 Å². The number of nitrogens with one attached hydrogen (secondary N) is 2. The van der Waals surface area contributed by atoms with Crippen molar-refractivity contribution in [3.63, 3.8) is 0 Å². The number of nitrogens with zero attached hydrogens (tertiary/aromatic N) is 2. The average Bonchev–Trinajstić information content (AvgIpc) is 2.93. The highest BCUT2D eigenvalue weighted by Crippen LogP contribution is 2.23. The number of halogens is 4. The molecule has 4 nitrogen and oxygen atoms in total. The highest BCUT2D eigenvalue weighted by Gasteiger charge is 2.23. The Morgan fingerprint density at radius 3 is 2.91 bits per heavy atom. The molecule has 0 radical (unpaired) electrons. The fraction of sp³-hybridized carbons (Fsp3) is 0.533. The summed E-state index contributed by atoms with van der Waals surface area (Å²) < 4.78 is 24.6. The largest absolute Gasteiger partial charge is 0.369 e. The van der Waals surface area contributed by atoms with Crippen LogP contribution in [0.1, 0.15) is 13.3 Å².